The Balaban J connectivity index is 1.74. The van der Waals surface area contributed by atoms with Crippen molar-refractivity contribution in [3.05, 3.63) is 69.8 Å². The molecule has 0 spiro atoms. The average molecular weight is 284 g/mol. The van der Waals surface area contributed by atoms with Gasteiger partial charge in [-0.2, -0.15) is 0 Å². The molecule has 0 aromatic heterocycles. The average Bonchev–Trinajstić information content (AvgIpc) is 2.47. The van der Waals surface area contributed by atoms with Crippen molar-refractivity contribution >= 4 is 0 Å². The van der Waals surface area contributed by atoms with Gasteiger partial charge >= 0.3 is 0 Å². The van der Waals surface area contributed by atoms with E-state index in [0.29, 0.717) is 6.04 Å². The van der Waals surface area contributed by atoms with Crippen LogP contribution in [0.25, 0.3) is 0 Å². The fourth-order valence-electron chi connectivity index (χ4n) is 3.50. The van der Waals surface area contributed by atoms with Gasteiger partial charge in [-0.05, 0) is 18.4 Å². The van der Waals surface area contributed by atoms with Crippen LogP contribution >= 0.6 is 0 Å². The van der Waals surface area contributed by atoms with Gasteiger partial charge in [-0.25, -0.2) is 0 Å². The molecule has 2 bridgehead atoms. The van der Waals surface area contributed by atoms with Crippen molar-refractivity contribution < 1.29 is 4.92 Å². The number of hydrogen-bond acceptors (Lipinski definition) is 3. The third-order valence-corrected chi connectivity index (χ3v) is 4.56. The summed E-state index contributed by atoms with van der Waals surface area (Å²) in [4.78, 5) is 13.0. The zero-order valence-corrected chi connectivity index (χ0v) is 12.1. The summed E-state index contributed by atoms with van der Waals surface area (Å²) < 4.78 is 0. The predicted molar refractivity (Wildman–Crippen MR) is 82.4 cm³/mol. The van der Waals surface area contributed by atoms with Gasteiger partial charge in [-0.3, -0.25) is 15.0 Å². The fourth-order valence-corrected chi connectivity index (χ4v) is 3.50. The van der Waals surface area contributed by atoms with Crippen LogP contribution in [-0.4, -0.2) is 29.0 Å². The first-order valence-corrected chi connectivity index (χ1v) is 7.40. The highest BCUT2D eigenvalue weighted by molar-refractivity contribution is 5.28. The van der Waals surface area contributed by atoms with Gasteiger partial charge in [-0.1, -0.05) is 48.6 Å². The minimum Gasteiger partial charge on any atom is -0.292 e. The molecule has 0 radical (unpaired) electrons. The Kier molecular flexibility index (Phi) is 3.88. The van der Waals surface area contributed by atoms with E-state index in [1.54, 1.807) is 0 Å². The standard InChI is InChI=1S/C17H20N2O2/c1-13-10-18(11-14-5-3-2-4-6-14)16-8-7-15(12-19(20)21)17(13)9-16/h2-7,16-17H,1,8-12H2. The van der Waals surface area contributed by atoms with Gasteiger partial charge in [0.2, 0.25) is 6.54 Å². The van der Waals surface area contributed by atoms with E-state index in [0.717, 1.165) is 37.1 Å². The third-order valence-electron chi connectivity index (χ3n) is 4.56. The molecule has 1 aromatic carbocycles. The molecule has 4 heteroatoms. The van der Waals surface area contributed by atoms with Crippen LogP contribution in [0.2, 0.25) is 0 Å². The summed E-state index contributed by atoms with van der Waals surface area (Å²) in [6.45, 7) is 5.92. The van der Waals surface area contributed by atoms with Crippen molar-refractivity contribution in [3.8, 4) is 0 Å². The largest absolute Gasteiger partial charge is 0.292 e. The number of nitro groups is 1. The van der Waals surface area contributed by atoms with Crippen LogP contribution in [0.4, 0.5) is 0 Å². The van der Waals surface area contributed by atoms with Crippen LogP contribution in [0, 0.1) is 16.0 Å². The fraction of sp³-hybridized carbons (Fsp3) is 0.412. The van der Waals surface area contributed by atoms with Crippen LogP contribution in [0.3, 0.4) is 0 Å². The van der Waals surface area contributed by atoms with Crippen molar-refractivity contribution in [2.75, 3.05) is 13.1 Å². The van der Waals surface area contributed by atoms with Gasteiger partial charge in [0.1, 0.15) is 0 Å². The molecule has 1 fully saturated rings. The molecule has 3 rings (SSSR count). The molecule has 4 nitrogen and oxygen atoms in total. The molecule has 1 aliphatic heterocycles. The molecule has 1 aromatic rings. The van der Waals surface area contributed by atoms with E-state index in [2.05, 4.69) is 41.8 Å². The van der Waals surface area contributed by atoms with Gasteiger partial charge in [0, 0.05) is 35.5 Å². The summed E-state index contributed by atoms with van der Waals surface area (Å²) in [5, 5.41) is 10.8. The Labute approximate surface area is 124 Å². The number of fused-ring (bicyclic) bond motifs is 2. The Morgan fingerprint density at radius 1 is 1.33 bits per heavy atom. The lowest BCUT2D eigenvalue weighted by Crippen LogP contribution is -2.45. The molecule has 1 heterocycles. The molecule has 0 amide bonds. The molecule has 2 atom stereocenters. The van der Waals surface area contributed by atoms with Crippen LogP contribution in [0.15, 0.2) is 54.1 Å². The minimum absolute atomic E-state index is 0.0326. The summed E-state index contributed by atoms with van der Waals surface area (Å²) in [5.74, 6) is 0.209. The number of piperidine rings is 1. The second-order valence-corrected chi connectivity index (χ2v) is 6.00. The quantitative estimate of drug-likeness (QED) is 0.485. The molecule has 0 saturated carbocycles. The van der Waals surface area contributed by atoms with E-state index < -0.39 is 0 Å². The van der Waals surface area contributed by atoms with Crippen molar-refractivity contribution in [2.24, 2.45) is 5.92 Å². The molecular weight excluding hydrogens is 264 g/mol. The third kappa shape index (κ3) is 3.05. The van der Waals surface area contributed by atoms with Gasteiger partial charge in [0.25, 0.3) is 0 Å². The first-order chi connectivity index (χ1) is 10.1. The van der Waals surface area contributed by atoms with Crippen molar-refractivity contribution in [3.63, 3.8) is 0 Å². The lowest BCUT2D eigenvalue weighted by molar-refractivity contribution is -0.471. The molecule has 0 N–H and O–H groups in total. The predicted octanol–water partition coefficient (Wildman–Crippen LogP) is 3.04. The first kappa shape index (κ1) is 14.0. The zero-order chi connectivity index (χ0) is 14.8. The molecule has 2 unspecified atom stereocenters. The maximum absolute atomic E-state index is 10.8. The van der Waals surface area contributed by atoms with Crippen molar-refractivity contribution in [1.82, 2.24) is 4.90 Å². The SMILES string of the molecule is C=C1CN(Cc2ccccc2)C2CC=C(C[N+](=O)[O-])C1C2. The Hall–Kier alpha value is -1.94. The Morgan fingerprint density at radius 2 is 2.10 bits per heavy atom. The monoisotopic (exact) mass is 284 g/mol. The van der Waals surface area contributed by atoms with Gasteiger partial charge in [-0.15, -0.1) is 0 Å². The highest BCUT2D eigenvalue weighted by atomic mass is 16.6. The number of likely N-dealkylation sites (tertiary alicyclic amines) is 1. The van der Waals surface area contributed by atoms with E-state index in [1.165, 1.54) is 5.56 Å². The topological polar surface area (TPSA) is 46.4 Å². The molecule has 1 aliphatic carbocycles. The van der Waals surface area contributed by atoms with E-state index in [9.17, 15) is 10.1 Å². The van der Waals surface area contributed by atoms with Crippen molar-refractivity contribution in [2.45, 2.75) is 25.4 Å². The Bertz CT molecular complexity index is 580. The number of rotatable bonds is 4. The van der Waals surface area contributed by atoms with E-state index in [4.69, 9.17) is 0 Å². The molecule has 2 aliphatic rings. The van der Waals surface area contributed by atoms with Gasteiger partial charge < -0.3 is 0 Å². The zero-order valence-electron chi connectivity index (χ0n) is 12.1. The molecule has 1 saturated heterocycles. The van der Waals surface area contributed by atoms with Crippen molar-refractivity contribution in [1.29, 1.82) is 0 Å². The summed E-state index contributed by atoms with van der Waals surface area (Å²) >= 11 is 0. The van der Waals surface area contributed by atoms with Crippen LogP contribution in [0.1, 0.15) is 18.4 Å². The maximum Gasteiger partial charge on any atom is 0.225 e. The summed E-state index contributed by atoms with van der Waals surface area (Å²) in [6, 6.07) is 10.9. The number of nitrogens with zero attached hydrogens (tertiary/aromatic N) is 2. The maximum atomic E-state index is 10.8. The normalized spacial score (nSPS) is 25.5. The van der Waals surface area contributed by atoms with Gasteiger partial charge in [0.05, 0.1) is 0 Å². The second-order valence-electron chi connectivity index (χ2n) is 6.00. The minimum atomic E-state index is -0.226. The first-order valence-electron chi connectivity index (χ1n) is 7.40. The summed E-state index contributed by atoms with van der Waals surface area (Å²) in [5.41, 5.74) is 3.39. The molecular formula is C17H20N2O2. The molecule has 110 valence electrons. The lowest BCUT2D eigenvalue weighted by Gasteiger charge is -2.43. The van der Waals surface area contributed by atoms with Crippen LogP contribution < -0.4 is 0 Å². The van der Waals surface area contributed by atoms with Gasteiger partial charge in [0.15, 0.2) is 0 Å². The highest BCUT2D eigenvalue weighted by Crippen LogP contribution is 2.38. The van der Waals surface area contributed by atoms with Crippen LogP contribution in [0.5, 0.6) is 0 Å². The summed E-state index contributed by atoms with van der Waals surface area (Å²) in [7, 11) is 0. The second kappa shape index (κ2) is 5.82. The lowest BCUT2D eigenvalue weighted by atomic mass is 9.76. The van der Waals surface area contributed by atoms with E-state index in [-0.39, 0.29) is 17.4 Å². The number of hydrogen-bond donors (Lipinski definition) is 0. The van der Waals surface area contributed by atoms with E-state index >= 15 is 0 Å². The highest BCUT2D eigenvalue weighted by Gasteiger charge is 2.36. The molecule has 21 heavy (non-hydrogen) atoms. The van der Waals surface area contributed by atoms with E-state index in [1.807, 2.05) is 6.07 Å². The smallest absolute Gasteiger partial charge is 0.225 e. The Morgan fingerprint density at radius 3 is 2.81 bits per heavy atom. The van der Waals surface area contributed by atoms with Crippen LogP contribution in [-0.2, 0) is 6.54 Å². The number of benzene rings is 1. The summed E-state index contributed by atoms with van der Waals surface area (Å²) in [6.07, 6.45) is 3.97.